The van der Waals surface area contributed by atoms with Gasteiger partial charge in [-0.2, -0.15) is 0 Å². The predicted octanol–water partition coefficient (Wildman–Crippen LogP) is 2.72. The second-order valence-electron chi connectivity index (χ2n) is 4.32. The minimum atomic E-state index is 0.673. The number of pyridine rings is 1. The van der Waals surface area contributed by atoms with Crippen molar-refractivity contribution in [2.45, 2.75) is 32.7 Å². The number of hydrogen-bond donors (Lipinski definition) is 2. The highest BCUT2D eigenvalue weighted by atomic mass is 15.0. The molecule has 1 aliphatic rings. The van der Waals surface area contributed by atoms with Crippen molar-refractivity contribution in [1.29, 1.82) is 0 Å². The van der Waals surface area contributed by atoms with Crippen molar-refractivity contribution in [3.8, 4) is 0 Å². The summed E-state index contributed by atoms with van der Waals surface area (Å²) in [5, 5.41) is 6.79. The van der Waals surface area contributed by atoms with Gasteiger partial charge in [0.05, 0.1) is 0 Å². The summed E-state index contributed by atoms with van der Waals surface area (Å²) < 4.78 is 0. The Morgan fingerprint density at radius 1 is 1.53 bits per heavy atom. The van der Waals surface area contributed by atoms with Crippen molar-refractivity contribution in [3.05, 3.63) is 18.3 Å². The smallest absolute Gasteiger partial charge is 0.127 e. The van der Waals surface area contributed by atoms with E-state index < -0.39 is 0 Å². The molecule has 0 aromatic carbocycles. The lowest BCUT2D eigenvalue weighted by atomic mass is 10.3. The average Bonchev–Trinajstić information content (AvgIpc) is 2.92. The van der Waals surface area contributed by atoms with Gasteiger partial charge in [-0.15, -0.1) is 0 Å². The molecular formula is C12H19N3. The molecule has 0 spiro atoms. The lowest BCUT2D eigenvalue weighted by Gasteiger charge is -2.08. The SMILES string of the molecule is CCCNc1cc(NC2CC2C)ccn1. The number of anilines is 2. The zero-order valence-corrected chi connectivity index (χ0v) is 9.46. The van der Waals surface area contributed by atoms with Gasteiger partial charge < -0.3 is 10.6 Å². The zero-order chi connectivity index (χ0) is 10.7. The number of hydrogen-bond acceptors (Lipinski definition) is 3. The van der Waals surface area contributed by atoms with Gasteiger partial charge in [-0.1, -0.05) is 13.8 Å². The Labute approximate surface area is 91.3 Å². The summed E-state index contributed by atoms with van der Waals surface area (Å²) in [7, 11) is 0. The Hall–Kier alpha value is -1.25. The van der Waals surface area contributed by atoms with Crippen molar-refractivity contribution >= 4 is 11.5 Å². The number of aromatic nitrogens is 1. The fourth-order valence-corrected chi connectivity index (χ4v) is 1.61. The third kappa shape index (κ3) is 2.85. The van der Waals surface area contributed by atoms with Crippen LogP contribution < -0.4 is 10.6 Å². The molecule has 1 heterocycles. The standard InChI is InChI=1S/C12H19N3/c1-3-5-13-12-8-10(4-6-14-12)15-11-7-9(11)2/h4,6,8-9,11H,3,5,7H2,1-2H3,(H2,13,14,15). The minimum absolute atomic E-state index is 0.673. The van der Waals surface area contributed by atoms with Gasteiger partial charge >= 0.3 is 0 Å². The first-order chi connectivity index (χ1) is 7.29. The molecule has 1 aromatic heterocycles. The molecule has 2 rings (SSSR count). The molecule has 0 amide bonds. The maximum absolute atomic E-state index is 4.27. The summed E-state index contributed by atoms with van der Waals surface area (Å²) in [5.41, 5.74) is 1.18. The van der Waals surface area contributed by atoms with Gasteiger partial charge in [0.25, 0.3) is 0 Å². The number of nitrogens with zero attached hydrogens (tertiary/aromatic N) is 1. The maximum atomic E-state index is 4.27. The first-order valence-electron chi connectivity index (χ1n) is 5.76. The average molecular weight is 205 g/mol. The van der Waals surface area contributed by atoms with Crippen LogP contribution in [0.3, 0.4) is 0 Å². The molecule has 0 radical (unpaired) electrons. The molecule has 1 saturated carbocycles. The van der Waals surface area contributed by atoms with Crippen molar-refractivity contribution in [1.82, 2.24) is 4.98 Å². The second kappa shape index (κ2) is 4.51. The van der Waals surface area contributed by atoms with Crippen molar-refractivity contribution < 1.29 is 0 Å². The van der Waals surface area contributed by atoms with E-state index in [1.165, 1.54) is 12.1 Å². The molecule has 2 N–H and O–H groups in total. The summed E-state index contributed by atoms with van der Waals surface area (Å²) in [4.78, 5) is 4.27. The minimum Gasteiger partial charge on any atom is -0.382 e. The second-order valence-corrected chi connectivity index (χ2v) is 4.32. The Kier molecular flexibility index (Phi) is 3.09. The third-order valence-electron chi connectivity index (χ3n) is 2.78. The predicted molar refractivity (Wildman–Crippen MR) is 64.2 cm³/mol. The van der Waals surface area contributed by atoms with E-state index in [4.69, 9.17) is 0 Å². The Bertz CT molecular complexity index is 324. The van der Waals surface area contributed by atoms with E-state index in [0.717, 1.165) is 24.7 Å². The third-order valence-corrected chi connectivity index (χ3v) is 2.78. The summed E-state index contributed by atoms with van der Waals surface area (Å²) in [5.74, 6) is 1.79. The molecule has 2 atom stereocenters. The van der Waals surface area contributed by atoms with Crippen LogP contribution in [0.4, 0.5) is 11.5 Å². The molecule has 1 fully saturated rings. The van der Waals surface area contributed by atoms with Crippen LogP contribution in [-0.4, -0.2) is 17.6 Å². The molecule has 0 bridgehead atoms. The van der Waals surface area contributed by atoms with E-state index in [1.807, 2.05) is 12.3 Å². The Balaban J connectivity index is 1.93. The van der Waals surface area contributed by atoms with Gasteiger partial charge in [-0.3, -0.25) is 0 Å². The van der Waals surface area contributed by atoms with Crippen molar-refractivity contribution in [3.63, 3.8) is 0 Å². The van der Waals surface area contributed by atoms with E-state index >= 15 is 0 Å². The molecule has 2 unspecified atom stereocenters. The lowest BCUT2D eigenvalue weighted by molar-refractivity contribution is 0.928. The molecule has 0 aliphatic heterocycles. The topological polar surface area (TPSA) is 37.0 Å². The van der Waals surface area contributed by atoms with Crippen molar-refractivity contribution in [2.75, 3.05) is 17.2 Å². The van der Waals surface area contributed by atoms with E-state index in [0.29, 0.717) is 6.04 Å². The molecule has 0 saturated heterocycles. The van der Waals surface area contributed by atoms with Crippen LogP contribution in [-0.2, 0) is 0 Å². The van der Waals surface area contributed by atoms with E-state index in [9.17, 15) is 0 Å². The maximum Gasteiger partial charge on any atom is 0.127 e. The zero-order valence-electron chi connectivity index (χ0n) is 9.46. The van der Waals surface area contributed by atoms with Crippen LogP contribution in [0.25, 0.3) is 0 Å². The highest BCUT2D eigenvalue weighted by molar-refractivity contribution is 5.53. The van der Waals surface area contributed by atoms with Crippen LogP contribution in [0, 0.1) is 5.92 Å². The van der Waals surface area contributed by atoms with E-state index in [2.05, 4.69) is 35.5 Å². The summed E-state index contributed by atoms with van der Waals surface area (Å²) in [6.45, 7) is 5.41. The van der Waals surface area contributed by atoms with Gasteiger partial charge in [0, 0.05) is 30.5 Å². The van der Waals surface area contributed by atoms with Crippen LogP contribution in [0.1, 0.15) is 26.7 Å². The molecule has 82 valence electrons. The normalized spacial score (nSPS) is 23.6. The molecular weight excluding hydrogens is 186 g/mol. The lowest BCUT2D eigenvalue weighted by Crippen LogP contribution is -2.06. The first kappa shape index (κ1) is 10.3. The molecule has 1 aliphatic carbocycles. The summed E-state index contributed by atoms with van der Waals surface area (Å²) >= 11 is 0. The Morgan fingerprint density at radius 3 is 3.00 bits per heavy atom. The largest absolute Gasteiger partial charge is 0.382 e. The van der Waals surface area contributed by atoms with Crippen LogP contribution in [0.15, 0.2) is 18.3 Å². The Morgan fingerprint density at radius 2 is 2.33 bits per heavy atom. The van der Waals surface area contributed by atoms with E-state index in [-0.39, 0.29) is 0 Å². The summed E-state index contributed by atoms with van der Waals surface area (Å²) in [6.07, 6.45) is 4.27. The highest BCUT2D eigenvalue weighted by Gasteiger charge is 2.32. The fraction of sp³-hybridized carbons (Fsp3) is 0.583. The van der Waals surface area contributed by atoms with Gasteiger partial charge in [-0.25, -0.2) is 4.98 Å². The van der Waals surface area contributed by atoms with Crippen molar-refractivity contribution in [2.24, 2.45) is 5.92 Å². The highest BCUT2D eigenvalue weighted by Crippen LogP contribution is 2.32. The van der Waals surface area contributed by atoms with Gasteiger partial charge in [0.2, 0.25) is 0 Å². The summed E-state index contributed by atoms with van der Waals surface area (Å²) in [6, 6.07) is 4.79. The molecule has 3 nitrogen and oxygen atoms in total. The van der Waals surface area contributed by atoms with E-state index in [1.54, 1.807) is 0 Å². The van der Waals surface area contributed by atoms with Crippen LogP contribution in [0.2, 0.25) is 0 Å². The van der Waals surface area contributed by atoms with Gasteiger partial charge in [-0.05, 0) is 24.8 Å². The monoisotopic (exact) mass is 205 g/mol. The molecule has 15 heavy (non-hydrogen) atoms. The van der Waals surface area contributed by atoms with Gasteiger partial charge in [0.15, 0.2) is 0 Å². The number of rotatable bonds is 5. The fourth-order valence-electron chi connectivity index (χ4n) is 1.61. The first-order valence-corrected chi connectivity index (χ1v) is 5.76. The van der Waals surface area contributed by atoms with Crippen LogP contribution in [0.5, 0.6) is 0 Å². The number of nitrogens with one attached hydrogen (secondary N) is 2. The molecule has 3 heteroatoms. The van der Waals surface area contributed by atoms with Gasteiger partial charge in [0.1, 0.15) is 5.82 Å². The van der Waals surface area contributed by atoms with Crippen LogP contribution >= 0.6 is 0 Å². The molecule has 1 aromatic rings. The quantitative estimate of drug-likeness (QED) is 0.776.